The van der Waals surface area contributed by atoms with Gasteiger partial charge in [-0.2, -0.15) is 0 Å². The Morgan fingerprint density at radius 1 is 1.32 bits per heavy atom. The zero-order valence-electron chi connectivity index (χ0n) is 16.3. The molecule has 28 heavy (non-hydrogen) atoms. The monoisotopic (exact) mass is 401 g/mol. The van der Waals surface area contributed by atoms with Crippen LogP contribution in [0, 0.1) is 11.8 Å². The molecule has 3 heterocycles. The molecule has 0 spiro atoms. The molecular weight excluding hydrogens is 374 g/mol. The van der Waals surface area contributed by atoms with Gasteiger partial charge in [-0.15, -0.1) is 11.3 Å². The van der Waals surface area contributed by atoms with Crippen molar-refractivity contribution in [3.05, 3.63) is 34.7 Å². The van der Waals surface area contributed by atoms with Crippen LogP contribution in [-0.4, -0.2) is 34.8 Å². The van der Waals surface area contributed by atoms with E-state index >= 15 is 0 Å². The third-order valence-corrected chi connectivity index (χ3v) is 6.89. The van der Waals surface area contributed by atoms with Gasteiger partial charge in [0.1, 0.15) is 0 Å². The number of piperidine rings is 1. The van der Waals surface area contributed by atoms with Crippen LogP contribution in [0.5, 0.6) is 0 Å². The van der Waals surface area contributed by atoms with E-state index in [1.54, 1.807) is 28.4 Å². The van der Waals surface area contributed by atoms with Crippen molar-refractivity contribution in [1.82, 2.24) is 9.88 Å². The largest absolute Gasteiger partial charge is 0.459 e. The fourth-order valence-corrected chi connectivity index (χ4v) is 5.39. The number of carbonyl (C=O) groups excluding carboxylic acids is 2. The molecule has 1 aliphatic heterocycles. The highest BCUT2D eigenvalue weighted by molar-refractivity contribution is 7.15. The number of aromatic nitrogens is 1. The molecule has 0 aromatic carbocycles. The van der Waals surface area contributed by atoms with Crippen LogP contribution in [0.3, 0.4) is 0 Å². The Balaban J connectivity index is 1.30. The number of likely N-dealkylation sites (tertiary alicyclic amines) is 1. The van der Waals surface area contributed by atoms with Crippen molar-refractivity contribution >= 4 is 28.3 Å². The third-order valence-electron chi connectivity index (χ3n) is 5.85. The lowest BCUT2D eigenvalue weighted by Crippen LogP contribution is -2.41. The quantitative estimate of drug-likeness (QED) is 0.817. The molecule has 6 nitrogen and oxygen atoms in total. The molecule has 2 aromatic heterocycles. The highest BCUT2D eigenvalue weighted by atomic mass is 32.1. The Hall–Kier alpha value is -2.15. The Labute approximate surface area is 169 Å². The number of anilines is 1. The van der Waals surface area contributed by atoms with Gasteiger partial charge in [0.2, 0.25) is 5.91 Å². The lowest BCUT2D eigenvalue weighted by molar-refractivity contribution is -0.121. The summed E-state index contributed by atoms with van der Waals surface area (Å²) in [5.74, 6) is 0.976. The second-order valence-corrected chi connectivity index (χ2v) is 8.90. The van der Waals surface area contributed by atoms with E-state index in [4.69, 9.17) is 4.42 Å². The van der Waals surface area contributed by atoms with Gasteiger partial charge in [0.05, 0.1) is 12.0 Å². The molecule has 2 aromatic rings. The summed E-state index contributed by atoms with van der Waals surface area (Å²) in [6.45, 7) is 3.39. The van der Waals surface area contributed by atoms with E-state index in [1.165, 1.54) is 36.1 Å². The molecule has 7 heteroatoms. The number of thiazole rings is 1. The van der Waals surface area contributed by atoms with Crippen LogP contribution < -0.4 is 5.32 Å². The van der Waals surface area contributed by atoms with Gasteiger partial charge in [0.25, 0.3) is 5.91 Å². The summed E-state index contributed by atoms with van der Waals surface area (Å²) in [6.07, 6.45) is 8.68. The predicted octanol–water partition coefficient (Wildman–Crippen LogP) is 4.13. The van der Waals surface area contributed by atoms with Crippen LogP contribution in [-0.2, 0) is 17.6 Å². The van der Waals surface area contributed by atoms with Gasteiger partial charge in [-0.1, -0.05) is 19.8 Å². The number of fused-ring (bicyclic) bond motifs is 1. The van der Waals surface area contributed by atoms with Crippen LogP contribution in [0.4, 0.5) is 5.13 Å². The van der Waals surface area contributed by atoms with Gasteiger partial charge in [0, 0.05) is 23.9 Å². The standard InChI is InChI=1S/C21H27N3O3S/c1-2-4-14-6-7-16-18(13-14)28-21(22-16)23-19(25)15-8-10-24(11-9-15)20(26)17-5-3-12-27-17/h3,5,12,14-15H,2,4,6-11,13H2,1H3,(H,22,23,25). The van der Waals surface area contributed by atoms with Gasteiger partial charge in [-0.25, -0.2) is 4.98 Å². The molecule has 2 aliphatic rings. The summed E-state index contributed by atoms with van der Waals surface area (Å²) in [7, 11) is 0. The molecule has 1 aliphatic carbocycles. The highest BCUT2D eigenvalue weighted by Crippen LogP contribution is 2.34. The maximum atomic E-state index is 12.7. The van der Waals surface area contributed by atoms with Gasteiger partial charge in [-0.05, 0) is 50.2 Å². The molecule has 0 saturated carbocycles. The first-order chi connectivity index (χ1) is 13.6. The first-order valence-electron chi connectivity index (χ1n) is 10.3. The van der Waals surface area contributed by atoms with Gasteiger partial charge in [-0.3, -0.25) is 9.59 Å². The van der Waals surface area contributed by atoms with Gasteiger partial charge in [0.15, 0.2) is 10.9 Å². The van der Waals surface area contributed by atoms with Gasteiger partial charge >= 0.3 is 0 Å². The molecule has 0 bridgehead atoms. The molecule has 4 rings (SSSR count). The van der Waals surface area contributed by atoms with E-state index in [1.807, 2.05) is 0 Å². The average molecular weight is 402 g/mol. The minimum absolute atomic E-state index is 0.0290. The molecular formula is C21H27N3O3S. The van der Waals surface area contributed by atoms with E-state index in [0.29, 0.717) is 31.7 Å². The molecule has 150 valence electrons. The highest BCUT2D eigenvalue weighted by Gasteiger charge is 2.30. The van der Waals surface area contributed by atoms with E-state index in [9.17, 15) is 9.59 Å². The number of amides is 2. The number of rotatable bonds is 5. The van der Waals surface area contributed by atoms with E-state index in [2.05, 4.69) is 17.2 Å². The first kappa shape index (κ1) is 19.2. The van der Waals surface area contributed by atoms with Crippen molar-refractivity contribution in [2.45, 2.75) is 51.9 Å². The number of aryl methyl sites for hydroxylation is 1. The van der Waals surface area contributed by atoms with Crippen molar-refractivity contribution in [2.24, 2.45) is 11.8 Å². The molecule has 1 saturated heterocycles. The summed E-state index contributed by atoms with van der Waals surface area (Å²) >= 11 is 1.64. The van der Waals surface area contributed by atoms with Crippen LogP contribution >= 0.6 is 11.3 Å². The SMILES string of the molecule is CCCC1CCc2nc(NC(=O)C3CCN(C(=O)c4ccco4)CC3)sc2C1. The second-order valence-electron chi connectivity index (χ2n) is 7.82. The van der Waals surface area contributed by atoms with Crippen molar-refractivity contribution < 1.29 is 14.0 Å². The summed E-state index contributed by atoms with van der Waals surface area (Å²) in [5, 5.41) is 3.77. The number of carbonyl (C=O) groups is 2. The van der Waals surface area contributed by atoms with Crippen LogP contribution in [0.1, 0.15) is 60.2 Å². The number of furan rings is 1. The van der Waals surface area contributed by atoms with Crippen molar-refractivity contribution in [3.63, 3.8) is 0 Å². The molecule has 1 unspecified atom stereocenters. The maximum absolute atomic E-state index is 12.7. The van der Waals surface area contributed by atoms with Gasteiger partial charge < -0.3 is 14.6 Å². The topological polar surface area (TPSA) is 75.4 Å². The third kappa shape index (κ3) is 4.14. The molecule has 2 amide bonds. The Morgan fingerprint density at radius 2 is 2.14 bits per heavy atom. The lowest BCUT2D eigenvalue weighted by Gasteiger charge is -2.30. The molecule has 1 atom stereocenters. The normalized spacial score (nSPS) is 20.0. The van der Waals surface area contributed by atoms with Crippen molar-refractivity contribution in [1.29, 1.82) is 0 Å². The number of hydrogen-bond acceptors (Lipinski definition) is 5. The zero-order chi connectivity index (χ0) is 19.5. The molecule has 1 N–H and O–H groups in total. The minimum Gasteiger partial charge on any atom is -0.459 e. The first-order valence-corrected chi connectivity index (χ1v) is 11.1. The van der Waals surface area contributed by atoms with Crippen molar-refractivity contribution in [2.75, 3.05) is 18.4 Å². The maximum Gasteiger partial charge on any atom is 0.289 e. The lowest BCUT2D eigenvalue weighted by atomic mass is 9.88. The number of nitrogens with zero attached hydrogens (tertiary/aromatic N) is 2. The minimum atomic E-state index is -0.0990. The predicted molar refractivity (Wildman–Crippen MR) is 109 cm³/mol. The summed E-state index contributed by atoms with van der Waals surface area (Å²) in [4.78, 5) is 32.8. The van der Waals surface area contributed by atoms with Crippen LogP contribution in [0.25, 0.3) is 0 Å². The summed E-state index contributed by atoms with van der Waals surface area (Å²) < 4.78 is 5.19. The fraction of sp³-hybridized carbons (Fsp3) is 0.571. The molecule has 1 fully saturated rings. The Kier molecular flexibility index (Phi) is 5.80. The summed E-state index contributed by atoms with van der Waals surface area (Å²) in [6, 6.07) is 3.39. The van der Waals surface area contributed by atoms with E-state index in [0.717, 1.165) is 23.9 Å². The smallest absolute Gasteiger partial charge is 0.289 e. The fourth-order valence-electron chi connectivity index (χ4n) is 4.26. The van der Waals surface area contributed by atoms with Crippen LogP contribution in [0.15, 0.2) is 22.8 Å². The Bertz CT molecular complexity index is 822. The van der Waals surface area contributed by atoms with E-state index < -0.39 is 0 Å². The van der Waals surface area contributed by atoms with Crippen LogP contribution in [0.2, 0.25) is 0 Å². The second kappa shape index (κ2) is 8.47. The summed E-state index contributed by atoms with van der Waals surface area (Å²) in [5.41, 5.74) is 1.17. The van der Waals surface area contributed by atoms with E-state index in [-0.39, 0.29) is 17.7 Å². The molecule has 0 radical (unpaired) electrons. The number of hydrogen-bond donors (Lipinski definition) is 1. The van der Waals surface area contributed by atoms with Crippen molar-refractivity contribution in [3.8, 4) is 0 Å². The number of nitrogens with one attached hydrogen (secondary N) is 1. The zero-order valence-corrected chi connectivity index (χ0v) is 17.1. The average Bonchev–Trinajstić information content (AvgIpc) is 3.37. The Morgan fingerprint density at radius 3 is 2.86 bits per heavy atom.